The molecule has 1 saturated heterocycles. The number of hydrogen-bond acceptors (Lipinski definition) is 3. The van der Waals surface area contributed by atoms with Crippen LogP contribution in [0, 0.1) is 0 Å². The minimum atomic E-state index is -0.452. The van der Waals surface area contributed by atoms with Gasteiger partial charge in [-0.1, -0.05) is 13.0 Å². The van der Waals surface area contributed by atoms with Gasteiger partial charge in [0.15, 0.2) is 5.79 Å². The molecule has 1 aliphatic heterocycles. The molecule has 3 heteroatoms. The van der Waals surface area contributed by atoms with E-state index in [2.05, 4.69) is 0 Å². The molecule has 0 amide bonds. The first kappa shape index (κ1) is 9.55. The monoisotopic (exact) mass is 172 g/mol. The van der Waals surface area contributed by atoms with Gasteiger partial charge in [0.1, 0.15) is 6.61 Å². The summed E-state index contributed by atoms with van der Waals surface area (Å²) in [5, 5.41) is 0. The molecule has 1 aliphatic rings. The van der Waals surface area contributed by atoms with Crippen LogP contribution in [0.3, 0.4) is 0 Å². The zero-order valence-electron chi connectivity index (χ0n) is 7.87. The van der Waals surface area contributed by atoms with Gasteiger partial charge in [-0.25, -0.2) is 0 Å². The van der Waals surface area contributed by atoms with Gasteiger partial charge in [-0.15, -0.1) is 0 Å². The maximum atomic E-state index is 5.50. The fourth-order valence-corrected chi connectivity index (χ4v) is 1.01. The van der Waals surface area contributed by atoms with E-state index in [1.165, 1.54) is 0 Å². The Morgan fingerprint density at radius 3 is 2.92 bits per heavy atom. The van der Waals surface area contributed by atoms with E-state index in [1.54, 1.807) is 6.26 Å². The van der Waals surface area contributed by atoms with Crippen molar-refractivity contribution in [3.05, 3.63) is 12.3 Å². The quantitative estimate of drug-likeness (QED) is 0.610. The molecular weight excluding hydrogens is 156 g/mol. The van der Waals surface area contributed by atoms with Gasteiger partial charge >= 0.3 is 0 Å². The Hall–Kier alpha value is -0.540. The van der Waals surface area contributed by atoms with Gasteiger partial charge in [-0.05, 0) is 20.3 Å². The molecule has 1 heterocycles. The SMILES string of the molecule is CC=COC1COC(C)(CC)O1. The molecule has 3 nitrogen and oxygen atoms in total. The third-order valence-corrected chi connectivity index (χ3v) is 1.91. The minimum Gasteiger partial charge on any atom is -0.470 e. The standard InChI is InChI=1S/C9H16O3/c1-4-6-10-8-7-11-9(3,5-2)12-8/h4,6,8H,5,7H2,1-3H3. The highest BCUT2D eigenvalue weighted by atomic mass is 16.8. The molecule has 0 N–H and O–H groups in total. The van der Waals surface area contributed by atoms with E-state index in [-0.39, 0.29) is 6.29 Å². The molecular formula is C9H16O3. The van der Waals surface area contributed by atoms with Crippen molar-refractivity contribution in [2.45, 2.75) is 39.3 Å². The summed E-state index contributed by atoms with van der Waals surface area (Å²) in [7, 11) is 0. The molecule has 0 aromatic rings. The van der Waals surface area contributed by atoms with Crippen molar-refractivity contribution in [2.75, 3.05) is 6.61 Å². The van der Waals surface area contributed by atoms with Crippen molar-refractivity contribution in [3.8, 4) is 0 Å². The Balaban J connectivity index is 2.35. The lowest BCUT2D eigenvalue weighted by molar-refractivity contribution is -0.189. The van der Waals surface area contributed by atoms with E-state index in [0.29, 0.717) is 6.61 Å². The summed E-state index contributed by atoms with van der Waals surface area (Å²) in [4.78, 5) is 0. The first-order valence-corrected chi connectivity index (χ1v) is 4.28. The predicted octanol–water partition coefficient (Wildman–Crippen LogP) is 2.04. The molecule has 2 unspecified atom stereocenters. The molecule has 0 bridgehead atoms. The second-order valence-corrected chi connectivity index (χ2v) is 2.95. The summed E-state index contributed by atoms with van der Waals surface area (Å²) in [5.74, 6) is -0.452. The molecule has 2 atom stereocenters. The van der Waals surface area contributed by atoms with Gasteiger partial charge in [0.05, 0.1) is 6.26 Å². The van der Waals surface area contributed by atoms with Gasteiger partial charge in [-0.2, -0.15) is 0 Å². The van der Waals surface area contributed by atoms with E-state index in [9.17, 15) is 0 Å². The smallest absolute Gasteiger partial charge is 0.225 e. The highest BCUT2D eigenvalue weighted by molar-refractivity contribution is 4.72. The van der Waals surface area contributed by atoms with Crippen LogP contribution in [-0.4, -0.2) is 18.7 Å². The Labute approximate surface area is 73.3 Å². The van der Waals surface area contributed by atoms with Crippen LogP contribution in [0.1, 0.15) is 27.2 Å². The van der Waals surface area contributed by atoms with Crippen molar-refractivity contribution < 1.29 is 14.2 Å². The van der Waals surface area contributed by atoms with Crippen LogP contribution in [0.4, 0.5) is 0 Å². The molecule has 0 radical (unpaired) electrons. The van der Waals surface area contributed by atoms with Crippen molar-refractivity contribution >= 4 is 0 Å². The first-order chi connectivity index (χ1) is 5.70. The Morgan fingerprint density at radius 2 is 2.42 bits per heavy atom. The molecule has 70 valence electrons. The van der Waals surface area contributed by atoms with E-state index in [4.69, 9.17) is 14.2 Å². The summed E-state index contributed by atoms with van der Waals surface area (Å²) in [6, 6.07) is 0. The van der Waals surface area contributed by atoms with Crippen molar-refractivity contribution in [1.29, 1.82) is 0 Å². The van der Waals surface area contributed by atoms with E-state index >= 15 is 0 Å². The second-order valence-electron chi connectivity index (χ2n) is 2.95. The fourth-order valence-electron chi connectivity index (χ4n) is 1.01. The molecule has 0 saturated carbocycles. The maximum absolute atomic E-state index is 5.50. The number of hydrogen-bond donors (Lipinski definition) is 0. The Bertz CT molecular complexity index is 167. The predicted molar refractivity (Wildman–Crippen MR) is 45.4 cm³/mol. The molecule has 12 heavy (non-hydrogen) atoms. The zero-order chi connectivity index (χ0) is 9.03. The summed E-state index contributed by atoms with van der Waals surface area (Å²) in [5.41, 5.74) is 0. The van der Waals surface area contributed by atoms with Gasteiger partial charge in [0.25, 0.3) is 0 Å². The maximum Gasteiger partial charge on any atom is 0.225 e. The summed E-state index contributed by atoms with van der Waals surface area (Å²) in [6.07, 6.45) is 4.04. The molecule has 0 aromatic carbocycles. The normalized spacial score (nSPS) is 36.1. The van der Waals surface area contributed by atoms with Crippen molar-refractivity contribution in [2.24, 2.45) is 0 Å². The Morgan fingerprint density at radius 1 is 1.67 bits per heavy atom. The molecule has 0 aliphatic carbocycles. The highest BCUT2D eigenvalue weighted by Gasteiger charge is 2.36. The third-order valence-electron chi connectivity index (χ3n) is 1.91. The van der Waals surface area contributed by atoms with Crippen LogP contribution in [0.5, 0.6) is 0 Å². The van der Waals surface area contributed by atoms with Crippen LogP contribution in [0.2, 0.25) is 0 Å². The van der Waals surface area contributed by atoms with E-state index in [1.807, 2.05) is 26.8 Å². The second kappa shape index (κ2) is 3.92. The topological polar surface area (TPSA) is 27.7 Å². The lowest BCUT2D eigenvalue weighted by Crippen LogP contribution is -2.25. The van der Waals surface area contributed by atoms with Gasteiger partial charge in [0, 0.05) is 0 Å². The van der Waals surface area contributed by atoms with Gasteiger partial charge in [0.2, 0.25) is 6.29 Å². The fraction of sp³-hybridized carbons (Fsp3) is 0.778. The summed E-state index contributed by atoms with van der Waals surface area (Å²) < 4.78 is 16.1. The first-order valence-electron chi connectivity index (χ1n) is 4.28. The lowest BCUT2D eigenvalue weighted by Gasteiger charge is -2.20. The van der Waals surface area contributed by atoms with Gasteiger partial charge < -0.3 is 14.2 Å². The lowest BCUT2D eigenvalue weighted by atomic mass is 10.2. The highest BCUT2D eigenvalue weighted by Crippen LogP contribution is 2.26. The average Bonchev–Trinajstić information content (AvgIpc) is 2.45. The number of rotatable bonds is 3. The summed E-state index contributed by atoms with van der Waals surface area (Å²) >= 11 is 0. The largest absolute Gasteiger partial charge is 0.470 e. The minimum absolute atomic E-state index is 0.244. The Kier molecular flexibility index (Phi) is 3.12. The van der Waals surface area contributed by atoms with Gasteiger partial charge in [-0.3, -0.25) is 0 Å². The molecule has 0 aromatic heterocycles. The number of ether oxygens (including phenoxy) is 3. The van der Waals surface area contributed by atoms with Crippen LogP contribution in [0.25, 0.3) is 0 Å². The number of allylic oxidation sites excluding steroid dienone is 1. The van der Waals surface area contributed by atoms with Crippen molar-refractivity contribution in [3.63, 3.8) is 0 Å². The molecule has 1 rings (SSSR count). The third kappa shape index (κ3) is 2.22. The molecule has 0 spiro atoms. The van der Waals surface area contributed by atoms with E-state index in [0.717, 1.165) is 6.42 Å². The van der Waals surface area contributed by atoms with E-state index < -0.39 is 5.79 Å². The van der Waals surface area contributed by atoms with Crippen molar-refractivity contribution in [1.82, 2.24) is 0 Å². The molecule has 1 fully saturated rings. The average molecular weight is 172 g/mol. The zero-order valence-corrected chi connectivity index (χ0v) is 7.87. The van der Waals surface area contributed by atoms with Crippen LogP contribution in [-0.2, 0) is 14.2 Å². The van der Waals surface area contributed by atoms with Crippen LogP contribution < -0.4 is 0 Å². The summed E-state index contributed by atoms with van der Waals surface area (Å²) in [6.45, 7) is 6.35. The van der Waals surface area contributed by atoms with Crippen LogP contribution in [0.15, 0.2) is 12.3 Å². The van der Waals surface area contributed by atoms with Crippen LogP contribution >= 0.6 is 0 Å².